The van der Waals surface area contributed by atoms with Crippen molar-refractivity contribution in [3.63, 3.8) is 0 Å². The molecule has 1 aromatic carbocycles. The summed E-state index contributed by atoms with van der Waals surface area (Å²) in [4.78, 5) is 11.2. The Kier molecular flexibility index (Phi) is 4.41. The van der Waals surface area contributed by atoms with E-state index in [1.54, 1.807) is 30.3 Å². The zero-order valence-electron chi connectivity index (χ0n) is 8.68. The van der Waals surface area contributed by atoms with Crippen molar-refractivity contribution in [2.24, 2.45) is 0 Å². The van der Waals surface area contributed by atoms with Gasteiger partial charge in [0.1, 0.15) is 11.9 Å². The molecule has 0 aliphatic heterocycles. The fraction of sp³-hybridized carbons (Fsp3) is 0.250. The van der Waals surface area contributed by atoms with Gasteiger partial charge in [-0.1, -0.05) is 37.8 Å². The zero-order valence-corrected chi connectivity index (χ0v) is 8.68. The van der Waals surface area contributed by atoms with E-state index in [0.29, 0.717) is 12.2 Å². The fourth-order valence-electron chi connectivity index (χ4n) is 1.03. The molecule has 0 spiro atoms. The summed E-state index contributed by atoms with van der Waals surface area (Å²) in [5.74, 6) is 0.474. The molecule has 0 aromatic heterocycles. The van der Waals surface area contributed by atoms with Gasteiger partial charge in [-0.05, 0) is 18.6 Å². The molecule has 0 heterocycles. The summed E-state index contributed by atoms with van der Waals surface area (Å²) in [5, 5.41) is 0. The molecule has 80 valence electrons. The number of carbonyl (C=O) groups excluding carboxylic acids is 1. The minimum atomic E-state index is -0.701. The van der Waals surface area contributed by atoms with Crippen LogP contribution in [0, 0.1) is 0 Å². The van der Waals surface area contributed by atoms with Crippen LogP contribution in [0.15, 0.2) is 43.0 Å². The van der Waals surface area contributed by atoms with Crippen LogP contribution < -0.4 is 4.74 Å². The molecule has 0 N–H and O–H groups in total. The van der Waals surface area contributed by atoms with Crippen molar-refractivity contribution in [2.45, 2.75) is 19.4 Å². The average molecular weight is 206 g/mol. The lowest BCUT2D eigenvalue weighted by atomic mass is 10.3. The summed E-state index contributed by atoms with van der Waals surface area (Å²) in [6.07, 6.45) is 1.27. The number of carbonyl (C=O) groups is 1. The number of rotatable bonds is 4. The third kappa shape index (κ3) is 3.85. The summed E-state index contributed by atoms with van der Waals surface area (Å²) in [5.41, 5.74) is 0. The van der Waals surface area contributed by atoms with Gasteiger partial charge in [0.2, 0.25) is 0 Å². The molecule has 0 aliphatic carbocycles. The summed E-state index contributed by atoms with van der Waals surface area (Å²) in [6.45, 7) is 5.46. The largest absolute Gasteiger partial charge is 0.514 e. The normalized spacial score (nSPS) is 11.5. The summed E-state index contributed by atoms with van der Waals surface area (Å²) in [6, 6.07) is 8.80. The van der Waals surface area contributed by atoms with E-state index in [1.807, 2.05) is 13.0 Å². The molecule has 3 nitrogen and oxygen atoms in total. The van der Waals surface area contributed by atoms with Crippen LogP contribution in [0.4, 0.5) is 4.79 Å². The molecule has 0 radical (unpaired) electrons. The molecule has 0 aliphatic rings. The molecule has 15 heavy (non-hydrogen) atoms. The van der Waals surface area contributed by atoms with E-state index in [2.05, 4.69) is 6.58 Å². The molecule has 0 saturated heterocycles. The smallest absolute Gasteiger partial charge is 0.426 e. The highest BCUT2D eigenvalue weighted by molar-refractivity contribution is 5.64. The van der Waals surface area contributed by atoms with E-state index >= 15 is 0 Å². The second-order valence-corrected chi connectivity index (χ2v) is 2.97. The molecule has 0 saturated carbocycles. The molecule has 0 amide bonds. The number of ether oxygens (including phenoxy) is 2. The topological polar surface area (TPSA) is 35.5 Å². The first-order valence-electron chi connectivity index (χ1n) is 4.82. The van der Waals surface area contributed by atoms with Crippen molar-refractivity contribution in [3.8, 4) is 5.75 Å². The van der Waals surface area contributed by atoms with E-state index in [0.717, 1.165) is 0 Å². The van der Waals surface area contributed by atoms with Crippen LogP contribution in [0.3, 0.4) is 0 Å². The van der Waals surface area contributed by atoms with Crippen LogP contribution in [0.5, 0.6) is 5.75 Å². The zero-order chi connectivity index (χ0) is 11.1. The predicted octanol–water partition coefficient (Wildman–Crippen LogP) is 3.17. The fourth-order valence-corrected chi connectivity index (χ4v) is 1.03. The summed E-state index contributed by atoms with van der Waals surface area (Å²) < 4.78 is 9.91. The van der Waals surface area contributed by atoms with Crippen molar-refractivity contribution >= 4 is 6.16 Å². The third-order valence-electron chi connectivity index (χ3n) is 1.86. The Morgan fingerprint density at radius 1 is 1.47 bits per heavy atom. The van der Waals surface area contributed by atoms with Gasteiger partial charge in [-0.2, -0.15) is 0 Å². The molecule has 3 heteroatoms. The Bertz CT molecular complexity index is 319. The average Bonchev–Trinajstić information content (AvgIpc) is 2.27. The summed E-state index contributed by atoms with van der Waals surface area (Å²) in [7, 11) is 0. The van der Waals surface area contributed by atoms with Crippen LogP contribution in [0.2, 0.25) is 0 Å². The Morgan fingerprint density at radius 2 is 2.13 bits per heavy atom. The Hall–Kier alpha value is -1.77. The van der Waals surface area contributed by atoms with Crippen LogP contribution in [-0.2, 0) is 4.74 Å². The van der Waals surface area contributed by atoms with Crippen molar-refractivity contribution in [2.75, 3.05) is 0 Å². The number of hydrogen-bond acceptors (Lipinski definition) is 3. The van der Waals surface area contributed by atoms with Gasteiger partial charge in [0, 0.05) is 0 Å². The molecular formula is C12H14O3. The Labute approximate surface area is 89.3 Å². The van der Waals surface area contributed by atoms with Crippen molar-refractivity contribution in [1.29, 1.82) is 0 Å². The maximum Gasteiger partial charge on any atom is 0.514 e. The van der Waals surface area contributed by atoms with E-state index < -0.39 is 6.16 Å². The highest BCUT2D eigenvalue weighted by atomic mass is 16.7. The van der Waals surface area contributed by atoms with Gasteiger partial charge in [-0.25, -0.2) is 4.79 Å². The van der Waals surface area contributed by atoms with Crippen molar-refractivity contribution < 1.29 is 14.3 Å². The van der Waals surface area contributed by atoms with Gasteiger partial charge in [0.15, 0.2) is 0 Å². The number of benzene rings is 1. The lowest BCUT2D eigenvalue weighted by Gasteiger charge is -2.11. The minimum Gasteiger partial charge on any atom is -0.426 e. The van der Waals surface area contributed by atoms with Crippen molar-refractivity contribution in [3.05, 3.63) is 43.0 Å². The molecule has 0 fully saturated rings. The predicted molar refractivity (Wildman–Crippen MR) is 57.8 cm³/mol. The van der Waals surface area contributed by atoms with Gasteiger partial charge in [0.25, 0.3) is 0 Å². The first kappa shape index (κ1) is 11.3. The maximum atomic E-state index is 11.2. The van der Waals surface area contributed by atoms with Crippen LogP contribution in [0.25, 0.3) is 0 Å². The van der Waals surface area contributed by atoms with Gasteiger partial charge >= 0.3 is 6.16 Å². The lowest BCUT2D eigenvalue weighted by Crippen LogP contribution is -2.18. The SMILES string of the molecule is C=CC(CC)OC(=O)Oc1ccccc1. The van der Waals surface area contributed by atoms with Crippen LogP contribution in [-0.4, -0.2) is 12.3 Å². The quantitative estimate of drug-likeness (QED) is 0.431. The van der Waals surface area contributed by atoms with E-state index in [9.17, 15) is 4.79 Å². The minimum absolute atomic E-state index is 0.291. The monoisotopic (exact) mass is 206 g/mol. The lowest BCUT2D eigenvalue weighted by molar-refractivity contribution is 0.0750. The van der Waals surface area contributed by atoms with E-state index in [4.69, 9.17) is 9.47 Å². The van der Waals surface area contributed by atoms with E-state index in [-0.39, 0.29) is 6.10 Å². The van der Waals surface area contributed by atoms with Crippen molar-refractivity contribution in [1.82, 2.24) is 0 Å². The first-order valence-corrected chi connectivity index (χ1v) is 4.82. The standard InChI is InChI=1S/C12H14O3/c1-3-10(4-2)14-12(13)15-11-8-6-5-7-9-11/h3,5-10H,1,4H2,2H3. The number of para-hydroxylation sites is 1. The highest BCUT2D eigenvalue weighted by Crippen LogP contribution is 2.10. The first-order chi connectivity index (χ1) is 7.26. The Balaban J connectivity index is 2.46. The molecule has 1 aromatic rings. The van der Waals surface area contributed by atoms with Gasteiger partial charge in [0.05, 0.1) is 0 Å². The molecule has 1 rings (SSSR count). The molecule has 1 unspecified atom stereocenters. The summed E-state index contributed by atoms with van der Waals surface area (Å²) >= 11 is 0. The molecule has 0 bridgehead atoms. The number of hydrogen-bond donors (Lipinski definition) is 0. The van der Waals surface area contributed by atoms with Gasteiger partial charge in [-0.15, -0.1) is 0 Å². The highest BCUT2D eigenvalue weighted by Gasteiger charge is 2.10. The van der Waals surface area contributed by atoms with Crippen LogP contribution >= 0.6 is 0 Å². The second kappa shape index (κ2) is 5.86. The second-order valence-electron chi connectivity index (χ2n) is 2.97. The van der Waals surface area contributed by atoms with Crippen LogP contribution in [0.1, 0.15) is 13.3 Å². The Morgan fingerprint density at radius 3 is 2.67 bits per heavy atom. The maximum absolute atomic E-state index is 11.2. The molecular weight excluding hydrogens is 192 g/mol. The van der Waals surface area contributed by atoms with E-state index in [1.165, 1.54) is 0 Å². The van der Waals surface area contributed by atoms with Gasteiger partial charge < -0.3 is 9.47 Å². The van der Waals surface area contributed by atoms with Gasteiger partial charge in [-0.3, -0.25) is 0 Å². The molecule has 1 atom stereocenters. The third-order valence-corrected chi connectivity index (χ3v) is 1.86.